The average molecular weight is 574 g/mol. The number of halogens is 3. The van der Waals surface area contributed by atoms with Crippen LogP contribution >= 0.6 is 50.9 Å². The van der Waals surface area contributed by atoms with Crippen LogP contribution in [0.15, 0.2) is 45.8 Å². The van der Waals surface area contributed by atoms with Gasteiger partial charge in [0.25, 0.3) is 11.1 Å². The van der Waals surface area contributed by atoms with E-state index in [9.17, 15) is 19.2 Å². The van der Waals surface area contributed by atoms with Gasteiger partial charge < -0.3 is 14.8 Å². The number of para-hydroxylation sites is 1. The lowest BCUT2D eigenvalue weighted by Gasteiger charge is -2.13. The molecule has 1 heterocycles. The molecule has 1 saturated heterocycles. The summed E-state index contributed by atoms with van der Waals surface area (Å²) < 4.78 is 10.3. The number of carbonyl (C=O) groups is 4. The van der Waals surface area contributed by atoms with Crippen molar-refractivity contribution in [3.05, 3.63) is 61.4 Å². The highest BCUT2D eigenvalue weighted by molar-refractivity contribution is 9.10. The highest BCUT2D eigenvalue weighted by atomic mass is 79.9. The van der Waals surface area contributed by atoms with Crippen LogP contribution in [0, 0.1) is 0 Å². The molecule has 2 aromatic rings. The van der Waals surface area contributed by atoms with E-state index >= 15 is 0 Å². The number of amides is 3. The molecule has 0 spiro atoms. The second-order valence-corrected chi connectivity index (χ2v) is 9.14. The van der Waals surface area contributed by atoms with Crippen LogP contribution in [0.1, 0.15) is 5.56 Å². The van der Waals surface area contributed by atoms with Gasteiger partial charge in [0.15, 0.2) is 12.4 Å². The molecule has 3 rings (SSSR count). The van der Waals surface area contributed by atoms with Crippen molar-refractivity contribution in [3.8, 4) is 5.75 Å². The van der Waals surface area contributed by atoms with Gasteiger partial charge in [-0.2, -0.15) is 0 Å². The lowest BCUT2D eigenvalue weighted by atomic mass is 10.2. The van der Waals surface area contributed by atoms with Gasteiger partial charge in [0.05, 0.1) is 32.2 Å². The lowest BCUT2D eigenvalue weighted by molar-refractivity contribution is -0.142. The Morgan fingerprint density at radius 3 is 2.58 bits per heavy atom. The third kappa shape index (κ3) is 6.29. The first-order valence-electron chi connectivity index (χ1n) is 9.18. The topological polar surface area (TPSA) is 102 Å². The molecule has 0 unspecified atom stereocenters. The van der Waals surface area contributed by atoms with Crippen LogP contribution < -0.4 is 10.1 Å². The van der Waals surface area contributed by atoms with Crippen LogP contribution in [0.25, 0.3) is 6.08 Å². The molecule has 1 aliphatic rings. The van der Waals surface area contributed by atoms with Gasteiger partial charge in [0.1, 0.15) is 6.54 Å². The number of rotatable bonds is 7. The largest absolute Gasteiger partial charge is 0.479 e. The van der Waals surface area contributed by atoms with E-state index in [0.29, 0.717) is 32.5 Å². The Balaban J connectivity index is 1.72. The number of esters is 1. The molecule has 1 N–H and O–H groups in total. The Morgan fingerprint density at radius 2 is 1.91 bits per heavy atom. The van der Waals surface area contributed by atoms with Crippen molar-refractivity contribution in [2.24, 2.45) is 0 Å². The molecule has 33 heavy (non-hydrogen) atoms. The first-order valence-corrected chi connectivity index (χ1v) is 11.5. The van der Waals surface area contributed by atoms with Crippen molar-refractivity contribution in [2.45, 2.75) is 0 Å². The van der Waals surface area contributed by atoms with Gasteiger partial charge in [-0.15, -0.1) is 0 Å². The maximum atomic E-state index is 12.7. The van der Waals surface area contributed by atoms with Gasteiger partial charge in [-0.3, -0.25) is 19.3 Å². The van der Waals surface area contributed by atoms with Gasteiger partial charge in [0.2, 0.25) is 5.91 Å². The van der Waals surface area contributed by atoms with Gasteiger partial charge >= 0.3 is 5.97 Å². The Morgan fingerprint density at radius 1 is 1.18 bits per heavy atom. The summed E-state index contributed by atoms with van der Waals surface area (Å²) in [6, 6.07) is 9.73. The Hall–Kier alpha value is -2.53. The van der Waals surface area contributed by atoms with E-state index in [1.54, 1.807) is 30.3 Å². The van der Waals surface area contributed by atoms with Crippen LogP contribution in [0.2, 0.25) is 10.0 Å². The number of methoxy groups -OCH3 is 1. The fourth-order valence-corrected chi connectivity index (χ4v) is 4.68. The van der Waals surface area contributed by atoms with Crippen molar-refractivity contribution in [2.75, 3.05) is 25.6 Å². The number of nitrogens with one attached hydrogen (secondary N) is 1. The second-order valence-electron chi connectivity index (χ2n) is 6.47. The predicted octanol–water partition coefficient (Wildman–Crippen LogP) is 4.98. The van der Waals surface area contributed by atoms with Gasteiger partial charge in [0, 0.05) is 0 Å². The normalized spacial score (nSPS) is 14.5. The summed E-state index contributed by atoms with van der Waals surface area (Å²) in [4.78, 5) is 49.6. The summed E-state index contributed by atoms with van der Waals surface area (Å²) in [6.07, 6.45) is 1.47. The summed E-state index contributed by atoms with van der Waals surface area (Å²) >= 11 is 16.3. The molecule has 172 valence electrons. The van der Waals surface area contributed by atoms with Crippen LogP contribution in [-0.4, -0.2) is 48.2 Å². The third-order valence-corrected chi connectivity index (χ3v) is 6.31. The molecule has 0 radical (unpaired) electrons. The zero-order chi connectivity index (χ0) is 24.1. The average Bonchev–Trinajstić information content (AvgIpc) is 3.01. The van der Waals surface area contributed by atoms with Gasteiger partial charge in [-0.25, -0.2) is 4.79 Å². The minimum atomic E-state index is -0.613. The van der Waals surface area contributed by atoms with E-state index < -0.39 is 29.6 Å². The van der Waals surface area contributed by atoms with Gasteiger partial charge in [-0.1, -0.05) is 35.3 Å². The maximum Gasteiger partial charge on any atom is 0.343 e. The molecule has 0 aliphatic carbocycles. The number of imide groups is 1. The second kappa shape index (κ2) is 11.1. The molecule has 3 amide bonds. The molecule has 0 saturated carbocycles. The molecule has 1 aliphatic heterocycles. The quantitative estimate of drug-likeness (QED) is 0.368. The molecule has 12 heteroatoms. The van der Waals surface area contributed by atoms with E-state index in [-0.39, 0.29) is 22.3 Å². The predicted molar refractivity (Wildman–Crippen MR) is 129 cm³/mol. The number of hydrogen-bond acceptors (Lipinski definition) is 7. The fourth-order valence-electron chi connectivity index (χ4n) is 2.67. The molecular weight excluding hydrogens is 559 g/mol. The fraction of sp³-hybridized carbons (Fsp3) is 0.143. The number of carbonyl (C=O) groups excluding carboxylic acids is 4. The first-order chi connectivity index (χ1) is 15.7. The number of ether oxygens (including phenoxy) is 2. The zero-order valence-electron chi connectivity index (χ0n) is 16.9. The van der Waals surface area contributed by atoms with E-state index in [1.165, 1.54) is 19.3 Å². The van der Waals surface area contributed by atoms with Crippen molar-refractivity contribution in [1.29, 1.82) is 0 Å². The van der Waals surface area contributed by atoms with E-state index in [4.69, 9.17) is 27.9 Å². The number of thioether (sulfide) groups is 1. The highest BCUT2D eigenvalue weighted by Gasteiger charge is 2.36. The monoisotopic (exact) mass is 572 g/mol. The minimum absolute atomic E-state index is 0.122. The molecule has 1 fully saturated rings. The third-order valence-electron chi connectivity index (χ3n) is 4.20. The van der Waals surface area contributed by atoms with E-state index in [2.05, 4.69) is 26.0 Å². The van der Waals surface area contributed by atoms with Crippen molar-refractivity contribution >= 4 is 85.7 Å². The number of anilines is 1. The van der Waals surface area contributed by atoms with Crippen molar-refractivity contribution < 1.29 is 28.7 Å². The molecular formula is C21H15BrCl2N2O6S. The SMILES string of the molecule is COC(=O)COc1c(Cl)cc(/C=C2/SC(=O)N(CC(=O)Nc3ccccc3Cl)C2=O)cc1Br. The van der Waals surface area contributed by atoms with Crippen LogP contribution in [0.3, 0.4) is 0 Å². The molecule has 0 bridgehead atoms. The Labute approximate surface area is 211 Å². The Kier molecular flexibility index (Phi) is 8.41. The summed E-state index contributed by atoms with van der Waals surface area (Å²) in [6.45, 7) is -0.790. The summed E-state index contributed by atoms with van der Waals surface area (Å²) in [5.41, 5.74) is 0.879. The first kappa shape index (κ1) is 25.1. The summed E-state index contributed by atoms with van der Waals surface area (Å²) in [7, 11) is 1.24. The molecule has 8 nitrogen and oxygen atoms in total. The van der Waals surface area contributed by atoms with E-state index in [1.807, 2.05) is 0 Å². The minimum Gasteiger partial charge on any atom is -0.479 e. The number of benzene rings is 2. The van der Waals surface area contributed by atoms with Crippen LogP contribution in [-0.2, 0) is 19.1 Å². The van der Waals surface area contributed by atoms with Gasteiger partial charge in [-0.05, 0) is 63.6 Å². The number of hydrogen-bond donors (Lipinski definition) is 1. The summed E-state index contributed by atoms with van der Waals surface area (Å²) in [5.74, 6) is -1.53. The van der Waals surface area contributed by atoms with E-state index in [0.717, 1.165) is 4.90 Å². The zero-order valence-corrected chi connectivity index (χ0v) is 20.8. The van der Waals surface area contributed by atoms with Crippen LogP contribution in [0.4, 0.5) is 10.5 Å². The van der Waals surface area contributed by atoms with Crippen molar-refractivity contribution in [3.63, 3.8) is 0 Å². The van der Waals surface area contributed by atoms with Crippen LogP contribution in [0.5, 0.6) is 5.75 Å². The smallest absolute Gasteiger partial charge is 0.343 e. The highest BCUT2D eigenvalue weighted by Crippen LogP contribution is 2.37. The molecule has 2 aromatic carbocycles. The van der Waals surface area contributed by atoms with Crippen molar-refractivity contribution in [1.82, 2.24) is 4.90 Å². The molecule has 0 atom stereocenters. The lowest BCUT2D eigenvalue weighted by Crippen LogP contribution is -2.36. The maximum absolute atomic E-state index is 12.7. The Bertz CT molecular complexity index is 1150. The summed E-state index contributed by atoms with van der Waals surface area (Å²) in [5, 5.41) is 2.51. The molecule has 0 aromatic heterocycles. The standard InChI is InChI=1S/C21H15BrCl2N2O6S/c1-31-18(28)10-32-19-12(22)6-11(7-14(19)24)8-16-20(29)26(21(30)33-16)9-17(27)25-15-5-3-2-4-13(15)23/h2-8H,9-10H2,1H3,(H,25,27)/b16-8+. The number of nitrogens with zero attached hydrogens (tertiary/aromatic N) is 1.